The van der Waals surface area contributed by atoms with E-state index in [1.807, 2.05) is 37.3 Å². The second-order valence-electron chi connectivity index (χ2n) is 4.83. The molecule has 0 bridgehead atoms. The second-order valence-corrected chi connectivity index (χ2v) is 4.83. The average molecular weight is 293 g/mol. The van der Waals surface area contributed by atoms with Crippen LogP contribution in [-0.2, 0) is 15.3 Å². The molecule has 1 heterocycles. The van der Waals surface area contributed by atoms with Gasteiger partial charge in [0.15, 0.2) is 0 Å². The maximum atomic E-state index is 14.3. The highest BCUT2D eigenvalue weighted by atomic mass is 19.1. The van der Waals surface area contributed by atoms with Crippen LogP contribution in [0.25, 0.3) is 0 Å². The minimum absolute atomic E-state index is 0.123. The molecule has 0 aliphatic rings. The Kier molecular flexibility index (Phi) is 4.77. The Bertz CT molecular complexity index is 570. The Morgan fingerprint density at radius 3 is 2.33 bits per heavy atom. The maximum absolute atomic E-state index is 14.3. The number of aliphatic hydroxyl groups excluding tert-OH is 1. The van der Waals surface area contributed by atoms with Gasteiger partial charge in [-0.25, -0.2) is 4.39 Å². The summed E-state index contributed by atoms with van der Waals surface area (Å²) in [6, 6.07) is 10.9. The van der Waals surface area contributed by atoms with Crippen LogP contribution >= 0.6 is 0 Å². The van der Waals surface area contributed by atoms with E-state index in [2.05, 4.69) is 0 Å². The molecule has 0 radical (unpaired) electrons. The van der Waals surface area contributed by atoms with Gasteiger partial charge in [-0.3, -0.25) is 0 Å². The Balaban J connectivity index is 2.52. The van der Waals surface area contributed by atoms with Crippen LogP contribution in [0.15, 0.2) is 42.6 Å². The fraction of sp³-hybridized carbons (Fsp3) is 0.375. The fourth-order valence-electron chi connectivity index (χ4n) is 2.50. The first kappa shape index (κ1) is 15.7. The molecular weight excluding hydrogens is 273 g/mol. The SMILES string of the molecule is COC(CO)(OC)c1c(F)ccn1[C@H](C)c1ccccc1. The van der Waals surface area contributed by atoms with Crippen molar-refractivity contribution in [2.45, 2.75) is 18.8 Å². The van der Waals surface area contributed by atoms with Crippen molar-refractivity contribution < 1.29 is 19.0 Å². The first-order valence-electron chi connectivity index (χ1n) is 6.72. The molecule has 0 spiro atoms. The summed E-state index contributed by atoms with van der Waals surface area (Å²) < 4.78 is 26.5. The molecule has 114 valence electrons. The monoisotopic (exact) mass is 293 g/mol. The summed E-state index contributed by atoms with van der Waals surface area (Å²) in [4.78, 5) is 0. The lowest BCUT2D eigenvalue weighted by Crippen LogP contribution is -2.38. The van der Waals surface area contributed by atoms with E-state index in [4.69, 9.17) is 9.47 Å². The second kappa shape index (κ2) is 6.39. The van der Waals surface area contributed by atoms with Crippen molar-refractivity contribution in [1.82, 2.24) is 4.57 Å². The van der Waals surface area contributed by atoms with Gasteiger partial charge in [-0.15, -0.1) is 0 Å². The van der Waals surface area contributed by atoms with Crippen LogP contribution in [0, 0.1) is 5.82 Å². The molecule has 1 N–H and O–H groups in total. The largest absolute Gasteiger partial charge is 0.390 e. The molecule has 2 aromatic rings. The zero-order valence-electron chi connectivity index (χ0n) is 12.4. The van der Waals surface area contributed by atoms with E-state index >= 15 is 0 Å². The number of aliphatic hydroxyl groups is 1. The summed E-state index contributed by atoms with van der Waals surface area (Å²) in [5.41, 5.74) is 1.19. The molecular formula is C16H20FNO3. The molecule has 0 aliphatic heterocycles. The Morgan fingerprint density at radius 2 is 1.81 bits per heavy atom. The topological polar surface area (TPSA) is 43.6 Å². The van der Waals surface area contributed by atoms with Crippen LogP contribution in [0.4, 0.5) is 4.39 Å². The summed E-state index contributed by atoms with van der Waals surface area (Å²) in [5.74, 6) is -1.99. The van der Waals surface area contributed by atoms with Gasteiger partial charge in [0.2, 0.25) is 5.79 Å². The molecule has 1 atom stereocenters. The van der Waals surface area contributed by atoms with E-state index in [0.29, 0.717) is 0 Å². The number of methoxy groups -OCH3 is 2. The Morgan fingerprint density at radius 1 is 1.19 bits per heavy atom. The molecule has 0 unspecified atom stereocenters. The predicted molar refractivity (Wildman–Crippen MR) is 77.4 cm³/mol. The van der Waals surface area contributed by atoms with Crippen LogP contribution in [0.5, 0.6) is 0 Å². The molecule has 0 amide bonds. The van der Waals surface area contributed by atoms with Crippen LogP contribution in [-0.4, -0.2) is 30.5 Å². The summed E-state index contributed by atoms with van der Waals surface area (Å²) in [7, 11) is 2.76. The van der Waals surface area contributed by atoms with Gasteiger partial charge in [0.25, 0.3) is 0 Å². The quantitative estimate of drug-likeness (QED) is 0.833. The Hall–Kier alpha value is -1.69. The summed E-state index contributed by atoms with van der Waals surface area (Å²) >= 11 is 0. The molecule has 5 heteroatoms. The van der Waals surface area contributed by atoms with E-state index in [9.17, 15) is 9.50 Å². The van der Waals surface area contributed by atoms with Gasteiger partial charge in [0.05, 0.1) is 6.04 Å². The molecule has 0 aliphatic carbocycles. The smallest absolute Gasteiger partial charge is 0.236 e. The predicted octanol–water partition coefficient (Wildman–Crippen LogP) is 2.67. The first-order valence-corrected chi connectivity index (χ1v) is 6.72. The van der Waals surface area contributed by atoms with Crippen molar-refractivity contribution in [2.24, 2.45) is 0 Å². The van der Waals surface area contributed by atoms with Crippen molar-refractivity contribution in [3.05, 3.63) is 59.7 Å². The van der Waals surface area contributed by atoms with Crippen molar-refractivity contribution in [2.75, 3.05) is 20.8 Å². The number of benzene rings is 1. The van der Waals surface area contributed by atoms with Gasteiger partial charge in [-0.05, 0) is 18.6 Å². The minimum Gasteiger partial charge on any atom is -0.390 e. The maximum Gasteiger partial charge on any atom is 0.236 e. The molecule has 1 aromatic carbocycles. The van der Waals surface area contributed by atoms with Gasteiger partial charge < -0.3 is 19.1 Å². The molecule has 21 heavy (non-hydrogen) atoms. The van der Waals surface area contributed by atoms with E-state index in [0.717, 1.165) is 5.56 Å². The highest BCUT2D eigenvalue weighted by Crippen LogP contribution is 2.32. The fourth-order valence-corrected chi connectivity index (χ4v) is 2.50. The zero-order valence-corrected chi connectivity index (χ0v) is 12.4. The number of nitrogens with zero attached hydrogens (tertiary/aromatic N) is 1. The standard InChI is InChI=1S/C16H20FNO3/c1-12(13-7-5-4-6-8-13)18-10-9-14(17)15(18)16(11-19,20-2)21-3/h4-10,12,19H,11H2,1-3H3/t12-/m1/s1. The molecule has 0 saturated carbocycles. The van der Waals surface area contributed by atoms with Gasteiger partial charge >= 0.3 is 0 Å². The third-order valence-electron chi connectivity index (χ3n) is 3.79. The lowest BCUT2D eigenvalue weighted by molar-refractivity contribution is -0.241. The van der Waals surface area contributed by atoms with Crippen LogP contribution in [0.3, 0.4) is 0 Å². The van der Waals surface area contributed by atoms with E-state index in [1.54, 1.807) is 10.8 Å². The van der Waals surface area contributed by atoms with Crippen LogP contribution < -0.4 is 0 Å². The van der Waals surface area contributed by atoms with Crippen LogP contribution in [0.2, 0.25) is 0 Å². The number of hydrogen-bond donors (Lipinski definition) is 1. The normalized spacial score (nSPS) is 13.4. The number of ether oxygens (including phenoxy) is 2. The molecule has 1 aromatic heterocycles. The number of aromatic nitrogens is 1. The van der Waals surface area contributed by atoms with Gasteiger partial charge in [-0.1, -0.05) is 30.3 Å². The van der Waals surface area contributed by atoms with Gasteiger partial charge in [-0.2, -0.15) is 0 Å². The zero-order chi connectivity index (χ0) is 15.5. The average Bonchev–Trinajstić information content (AvgIpc) is 2.92. The third kappa shape index (κ3) is 2.72. The summed E-state index contributed by atoms with van der Waals surface area (Å²) in [6.07, 6.45) is 1.63. The van der Waals surface area contributed by atoms with Crippen LogP contribution in [0.1, 0.15) is 24.2 Å². The van der Waals surface area contributed by atoms with E-state index < -0.39 is 18.2 Å². The number of halogens is 1. The van der Waals surface area contributed by atoms with Crippen molar-refractivity contribution in [3.63, 3.8) is 0 Å². The molecule has 0 fully saturated rings. The van der Waals surface area contributed by atoms with Crippen molar-refractivity contribution >= 4 is 0 Å². The highest BCUT2D eigenvalue weighted by Gasteiger charge is 2.38. The molecule has 2 rings (SSSR count). The lowest BCUT2D eigenvalue weighted by Gasteiger charge is -2.31. The minimum atomic E-state index is -1.52. The summed E-state index contributed by atoms with van der Waals surface area (Å²) in [6.45, 7) is 1.47. The van der Waals surface area contributed by atoms with Gasteiger partial charge in [0.1, 0.15) is 18.1 Å². The number of hydrogen-bond acceptors (Lipinski definition) is 3. The molecule has 0 saturated heterocycles. The van der Waals surface area contributed by atoms with Crippen molar-refractivity contribution in [1.29, 1.82) is 0 Å². The van der Waals surface area contributed by atoms with E-state index in [-0.39, 0.29) is 11.7 Å². The lowest BCUT2D eigenvalue weighted by atomic mass is 10.1. The number of rotatable bonds is 6. The van der Waals surface area contributed by atoms with E-state index in [1.165, 1.54) is 20.3 Å². The van der Waals surface area contributed by atoms with Crippen molar-refractivity contribution in [3.8, 4) is 0 Å². The van der Waals surface area contributed by atoms with Gasteiger partial charge in [0, 0.05) is 20.4 Å². The summed E-state index contributed by atoms with van der Waals surface area (Å²) in [5, 5.41) is 9.62. The molecule has 4 nitrogen and oxygen atoms in total. The first-order chi connectivity index (χ1) is 10.1. The highest BCUT2D eigenvalue weighted by molar-refractivity contribution is 5.24. The Labute approximate surface area is 123 Å². The third-order valence-corrected chi connectivity index (χ3v) is 3.79.